The number of rotatable bonds is 5. The molecule has 0 aliphatic heterocycles. The molecule has 1 aromatic rings. The molecule has 0 aliphatic carbocycles. The molecule has 0 fully saturated rings. The van der Waals surface area contributed by atoms with E-state index in [-0.39, 0.29) is 0 Å². The van der Waals surface area contributed by atoms with Crippen LogP contribution in [0.1, 0.15) is 38.2 Å². The molecule has 0 nitrogen and oxygen atoms in total. The van der Waals surface area contributed by atoms with Crippen LogP contribution in [0.15, 0.2) is 24.3 Å². The molecule has 0 aliphatic rings. The first-order valence-electron chi connectivity index (χ1n) is 5.88. The van der Waals surface area contributed by atoms with Gasteiger partial charge in [0.05, 0.1) is 0 Å². The van der Waals surface area contributed by atoms with E-state index in [0.29, 0.717) is 0 Å². The first-order chi connectivity index (χ1) is 6.93. The summed E-state index contributed by atoms with van der Waals surface area (Å²) < 4.78 is 0. The van der Waals surface area contributed by atoms with Gasteiger partial charge in [0.1, 0.15) is 0 Å². The van der Waals surface area contributed by atoms with E-state index in [1.54, 1.807) is 0 Å². The second-order valence-electron chi connectivity index (χ2n) is 3.22. The van der Waals surface area contributed by atoms with Gasteiger partial charge in [-0.1, -0.05) is 50.5 Å². The van der Waals surface area contributed by atoms with Gasteiger partial charge in [0.2, 0.25) is 0 Å². The molecule has 1 heteroatoms. The maximum absolute atomic E-state index is 3.03. The molecular weight excluding hydrogens is 163 g/mol. The third kappa shape index (κ3) is 7.24. The molecule has 0 saturated carbocycles. The van der Waals surface area contributed by atoms with Crippen LogP contribution in [0.2, 0.25) is 5.60 Å². The minimum atomic E-state index is 1.23. The fourth-order valence-electron chi connectivity index (χ4n) is 1.34. The van der Waals surface area contributed by atoms with Crippen LogP contribution in [-0.4, -0.2) is 17.7 Å². The number of hydrogen-bond donors (Lipinski definition) is 0. The van der Waals surface area contributed by atoms with Crippen molar-refractivity contribution in [2.75, 3.05) is 0 Å². The average Bonchev–Trinajstić information content (AvgIpc) is 2.29. The predicted octanol–water partition coefficient (Wildman–Crippen LogP) is 3.81. The predicted molar refractivity (Wildman–Crippen MR) is 64.7 cm³/mol. The van der Waals surface area contributed by atoms with Crippen LogP contribution >= 0.6 is 0 Å². The summed E-state index contributed by atoms with van der Waals surface area (Å²) in [5.41, 5.74) is 3.45. The molecule has 0 amide bonds. The molecule has 1 aromatic carbocycles. The van der Waals surface area contributed by atoms with Crippen molar-refractivity contribution < 1.29 is 0 Å². The molecule has 0 saturated heterocycles. The first kappa shape index (κ1) is 13.8. The Balaban J connectivity index is 0.000000791. The second-order valence-corrected chi connectivity index (χ2v) is 3.22. The Morgan fingerprint density at radius 2 is 1.71 bits per heavy atom. The van der Waals surface area contributed by atoms with Crippen LogP contribution in [0.5, 0.6) is 0 Å². The summed E-state index contributed by atoms with van der Waals surface area (Å²) in [4.78, 5) is 0. The SMILES string of the molecule is CCCCCCc1cc[c]cc1.[Li][CH3]. The number of aryl methyl sites for hydroxylation is 1. The Morgan fingerprint density at radius 1 is 1.07 bits per heavy atom. The fourth-order valence-corrected chi connectivity index (χ4v) is 1.34. The van der Waals surface area contributed by atoms with Gasteiger partial charge in [-0.3, -0.25) is 0 Å². The topological polar surface area (TPSA) is 0 Å². The quantitative estimate of drug-likeness (QED) is 0.481. The average molecular weight is 183 g/mol. The van der Waals surface area contributed by atoms with Crippen LogP contribution in [0.25, 0.3) is 0 Å². The summed E-state index contributed by atoms with van der Waals surface area (Å²) in [6.07, 6.45) is 6.63. The number of unbranched alkanes of at least 4 members (excludes halogenated alkanes) is 3. The molecule has 0 spiro atoms. The van der Waals surface area contributed by atoms with Crippen LogP contribution in [0.4, 0.5) is 0 Å². The normalized spacial score (nSPS) is 9.14. The molecule has 0 bridgehead atoms. The van der Waals surface area contributed by atoms with Gasteiger partial charge in [-0.25, -0.2) is 0 Å². The molecule has 1 rings (SSSR count). The van der Waals surface area contributed by atoms with E-state index in [2.05, 4.69) is 25.1 Å². The zero-order valence-corrected chi connectivity index (χ0v) is 9.84. The second kappa shape index (κ2) is 10.9. The molecule has 73 valence electrons. The van der Waals surface area contributed by atoms with Gasteiger partial charge in [0.25, 0.3) is 0 Å². The minimum absolute atomic E-state index is 1.23. The van der Waals surface area contributed by atoms with Crippen molar-refractivity contribution in [1.29, 1.82) is 0 Å². The van der Waals surface area contributed by atoms with Gasteiger partial charge in [-0.05, 0) is 24.5 Å². The summed E-state index contributed by atoms with van der Waals surface area (Å²) >= 11 is 2.00. The summed E-state index contributed by atoms with van der Waals surface area (Å²) in [6.45, 7) is 2.25. The van der Waals surface area contributed by atoms with E-state index in [0.717, 1.165) is 0 Å². The van der Waals surface area contributed by atoms with Gasteiger partial charge in [0.15, 0.2) is 0 Å². The molecular formula is C13H20Li. The zero-order chi connectivity index (χ0) is 10.6. The van der Waals surface area contributed by atoms with Gasteiger partial charge in [-0.2, -0.15) is 0 Å². The van der Waals surface area contributed by atoms with E-state index in [4.69, 9.17) is 0 Å². The fraction of sp³-hybridized carbons (Fsp3) is 0.538. The summed E-state index contributed by atoms with van der Waals surface area (Å²) in [7, 11) is 0. The molecule has 0 unspecified atom stereocenters. The summed E-state index contributed by atoms with van der Waals surface area (Å²) in [5.74, 6) is 0. The Labute approximate surface area is 98.3 Å². The van der Waals surface area contributed by atoms with E-state index >= 15 is 0 Å². The summed E-state index contributed by atoms with van der Waals surface area (Å²) in [5, 5.41) is 0. The Bertz CT molecular complexity index is 194. The Morgan fingerprint density at radius 3 is 2.29 bits per heavy atom. The molecule has 0 N–H and O–H groups in total. The van der Waals surface area contributed by atoms with Crippen molar-refractivity contribution in [2.45, 2.75) is 44.6 Å². The van der Waals surface area contributed by atoms with Gasteiger partial charge >= 0.3 is 23.3 Å². The van der Waals surface area contributed by atoms with E-state index < -0.39 is 0 Å². The zero-order valence-electron chi connectivity index (χ0n) is 9.84. The third-order valence-corrected chi connectivity index (χ3v) is 2.11. The van der Waals surface area contributed by atoms with Crippen molar-refractivity contribution in [1.82, 2.24) is 0 Å². The molecule has 0 heterocycles. The van der Waals surface area contributed by atoms with Crippen molar-refractivity contribution >= 4 is 17.7 Å². The Hall–Kier alpha value is -0.183. The van der Waals surface area contributed by atoms with Gasteiger partial charge in [0, 0.05) is 0 Å². The maximum atomic E-state index is 3.03. The van der Waals surface area contributed by atoms with Crippen molar-refractivity contribution in [3.8, 4) is 0 Å². The molecule has 0 atom stereocenters. The van der Waals surface area contributed by atoms with E-state index in [9.17, 15) is 0 Å². The monoisotopic (exact) mass is 183 g/mol. The number of benzene rings is 1. The van der Waals surface area contributed by atoms with Crippen molar-refractivity contribution in [3.63, 3.8) is 0 Å². The van der Waals surface area contributed by atoms with Crippen LogP contribution in [0.3, 0.4) is 0 Å². The van der Waals surface area contributed by atoms with Crippen LogP contribution < -0.4 is 0 Å². The molecule has 0 aromatic heterocycles. The molecule has 14 heavy (non-hydrogen) atoms. The van der Waals surface area contributed by atoms with E-state index in [1.165, 1.54) is 37.7 Å². The van der Waals surface area contributed by atoms with Crippen molar-refractivity contribution in [2.24, 2.45) is 0 Å². The summed E-state index contributed by atoms with van der Waals surface area (Å²) in [6, 6.07) is 11.3. The third-order valence-electron chi connectivity index (χ3n) is 2.11. The van der Waals surface area contributed by atoms with Crippen molar-refractivity contribution in [3.05, 3.63) is 35.9 Å². The number of hydrogen-bond acceptors (Lipinski definition) is 0. The molecule has 1 radical (unpaired) electrons. The standard InChI is InChI=1S/C12H17.CH3.Li/c1-2-3-4-6-9-12-10-7-5-8-11-12;;/h7-8,10-11H,2-4,6,9H2,1H3;1H3;. The van der Waals surface area contributed by atoms with Crippen LogP contribution in [0, 0.1) is 6.07 Å². The Kier molecular flexibility index (Phi) is 10.8. The van der Waals surface area contributed by atoms with E-state index in [1.807, 2.05) is 35.4 Å². The van der Waals surface area contributed by atoms with Crippen LogP contribution in [-0.2, 0) is 6.42 Å². The first-order valence-corrected chi connectivity index (χ1v) is 5.88. The van der Waals surface area contributed by atoms with Gasteiger partial charge < -0.3 is 0 Å². The van der Waals surface area contributed by atoms with Gasteiger partial charge in [-0.15, -0.1) is 0 Å².